The Hall–Kier alpha value is -3.75. The highest BCUT2D eigenvalue weighted by Crippen LogP contribution is 2.33. The zero-order chi connectivity index (χ0) is 20.0. The van der Waals surface area contributed by atoms with Crippen molar-refractivity contribution >= 4 is 34.0 Å². The fourth-order valence-electron chi connectivity index (χ4n) is 3.26. The van der Waals surface area contributed by atoms with Crippen molar-refractivity contribution in [3.63, 3.8) is 0 Å². The molecule has 0 bridgehead atoms. The summed E-state index contributed by atoms with van der Waals surface area (Å²) in [6.07, 6.45) is 7.11. The molecule has 29 heavy (non-hydrogen) atoms. The summed E-state index contributed by atoms with van der Waals surface area (Å²) in [6.45, 7) is 0. The number of anilines is 2. The van der Waals surface area contributed by atoms with E-state index in [4.69, 9.17) is 4.74 Å². The first-order valence-corrected chi connectivity index (χ1v) is 9.34. The van der Waals surface area contributed by atoms with Gasteiger partial charge in [-0.2, -0.15) is 0 Å². The first-order chi connectivity index (χ1) is 14.2. The third-order valence-electron chi connectivity index (χ3n) is 4.99. The molecule has 1 aliphatic rings. The summed E-state index contributed by atoms with van der Waals surface area (Å²) >= 11 is 0. The van der Waals surface area contributed by atoms with Gasteiger partial charge in [0.2, 0.25) is 5.91 Å². The van der Waals surface area contributed by atoms with Crippen molar-refractivity contribution in [2.45, 2.75) is 12.8 Å². The van der Waals surface area contributed by atoms with Crippen LogP contribution in [0.15, 0.2) is 36.8 Å². The molecule has 4 aromatic rings. The summed E-state index contributed by atoms with van der Waals surface area (Å²) < 4.78 is 6.95. The van der Waals surface area contributed by atoms with E-state index in [0.29, 0.717) is 28.9 Å². The second-order valence-electron chi connectivity index (χ2n) is 6.95. The van der Waals surface area contributed by atoms with E-state index in [-0.39, 0.29) is 11.8 Å². The number of methoxy groups -OCH3 is 1. The number of nitrogens with one attached hydrogen (secondary N) is 2. The van der Waals surface area contributed by atoms with E-state index < -0.39 is 0 Å². The van der Waals surface area contributed by atoms with E-state index in [2.05, 4.69) is 30.7 Å². The lowest BCUT2D eigenvalue weighted by Crippen LogP contribution is -2.14. The van der Waals surface area contributed by atoms with E-state index in [1.54, 1.807) is 37.3 Å². The van der Waals surface area contributed by atoms with Crippen molar-refractivity contribution < 1.29 is 9.53 Å². The average molecular weight is 389 g/mol. The minimum Gasteiger partial charge on any atom is -0.497 e. The maximum Gasteiger partial charge on any atom is 0.228 e. The second kappa shape index (κ2) is 6.69. The van der Waals surface area contributed by atoms with Gasteiger partial charge < -0.3 is 15.4 Å². The summed E-state index contributed by atoms with van der Waals surface area (Å²) in [5.74, 6) is 2.56. The van der Waals surface area contributed by atoms with Crippen molar-refractivity contribution in [2.75, 3.05) is 24.8 Å². The van der Waals surface area contributed by atoms with Crippen molar-refractivity contribution in [3.8, 4) is 17.1 Å². The van der Waals surface area contributed by atoms with E-state index in [0.717, 1.165) is 29.2 Å². The molecule has 0 unspecified atom stereocenters. The number of carbonyl (C=O) groups is 1. The molecule has 0 spiro atoms. The number of hydrogen-bond donors (Lipinski definition) is 2. The van der Waals surface area contributed by atoms with E-state index >= 15 is 0 Å². The van der Waals surface area contributed by atoms with E-state index in [9.17, 15) is 4.79 Å². The van der Waals surface area contributed by atoms with Gasteiger partial charge in [-0.05, 0) is 25.0 Å². The maximum absolute atomic E-state index is 12.2. The number of hydrogen-bond acceptors (Lipinski definition) is 7. The second-order valence-corrected chi connectivity index (χ2v) is 6.95. The number of aromatic nitrogens is 5. The van der Waals surface area contributed by atoms with Gasteiger partial charge in [-0.25, -0.2) is 19.5 Å². The third-order valence-corrected chi connectivity index (χ3v) is 4.99. The van der Waals surface area contributed by atoms with Gasteiger partial charge in [0, 0.05) is 54.0 Å². The minimum atomic E-state index is 0.0132. The third kappa shape index (κ3) is 3.10. The van der Waals surface area contributed by atoms with Crippen molar-refractivity contribution in [3.05, 3.63) is 36.8 Å². The minimum absolute atomic E-state index is 0.0132. The number of rotatable bonds is 5. The van der Waals surface area contributed by atoms with Gasteiger partial charge in [0.05, 0.1) is 7.11 Å². The van der Waals surface area contributed by atoms with Crippen LogP contribution < -0.4 is 15.4 Å². The molecule has 4 heterocycles. The van der Waals surface area contributed by atoms with E-state index in [1.165, 1.54) is 0 Å². The molecule has 0 atom stereocenters. The number of nitrogens with zero attached hydrogens (tertiary/aromatic N) is 5. The monoisotopic (exact) mass is 389 g/mol. The topological polar surface area (TPSA) is 106 Å². The lowest BCUT2D eigenvalue weighted by Gasteiger charge is -2.10. The molecular weight excluding hydrogens is 370 g/mol. The Bertz CT molecular complexity index is 1250. The molecule has 1 fully saturated rings. The quantitative estimate of drug-likeness (QED) is 0.540. The maximum atomic E-state index is 12.2. The van der Waals surface area contributed by atoms with Gasteiger partial charge in [-0.15, -0.1) is 5.10 Å². The Morgan fingerprint density at radius 1 is 1.21 bits per heavy atom. The summed E-state index contributed by atoms with van der Waals surface area (Å²) in [7, 11) is 3.42. The van der Waals surface area contributed by atoms with Crippen LogP contribution in [-0.4, -0.2) is 44.6 Å². The number of pyridine rings is 3. The Kier molecular flexibility index (Phi) is 4.01. The first-order valence-electron chi connectivity index (χ1n) is 9.34. The number of ether oxygens (including phenoxy) is 1. The van der Waals surface area contributed by atoms with Crippen LogP contribution in [-0.2, 0) is 4.79 Å². The molecule has 1 amide bonds. The molecule has 9 heteroatoms. The van der Waals surface area contributed by atoms with Gasteiger partial charge in [0.15, 0.2) is 11.5 Å². The zero-order valence-corrected chi connectivity index (χ0v) is 16.0. The molecule has 0 aliphatic heterocycles. The van der Waals surface area contributed by atoms with Crippen LogP contribution >= 0.6 is 0 Å². The zero-order valence-electron chi connectivity index (χ0n) is 16.0. The van der Waals surface area contributed by atoms with Gasteiger partial charge in [0.25, 0.3) is 0 Å². The van der Waals surface area contributed by atoms with Crippen LogP contribution in [0, 0.1) is 5.92 Å². The van der Waals surface area contributed by atoms with Crippen LogP contribution in [0.4, 0.5) is 11.6 Å². The van der Waals surface area contributed by atoms with Crippen LogP contribution in [0.5, 0.6) is 5.75 Å². The molecular formula is C20H19N7O2. The van der Waals surface area contributed by atoms with Crippen LogP contribution in [0.25, 0.3) is 27.8 Å². The predicted octanol–water partition coefficient (Wildman–Crippen LogP) is 2.74. The lowest BCUT2D eigenvalue weighted by molar-refractivity contribution is -0.117. The average Bonchev–Trinajstić information content (AvgIpc) is 3.51. The molecule has 0 aromatic carbocycles. The fraction of sp³-hybridized carbons (Fsp3) is 0.250. The van der Waals surface area contributed by atoms with Crippen LogP contribution in [0.1, 0.15) is 12.8 Å². The Morgan fingerprint density at radius 2 is 2.07 bits per heavy atom. The van der Waals surface area contributed by atoms with Gasteiger partial charge in [0.1, 0.15) is 17.4 Å². The van der Waals surface area contributed by atoms with Gasteiger partial charge in [-0.3, -0.25) is 4.79 Å². The van der Waals surface area contributed by atoms with Gasteiger partial charge >= 0.3 is 0 Å². The van der Waals surface area contributed by atoms with Crippen molar-refractivity contribution in [1.29, 1.82) is 0 Å². The molecule has 9 nitrogen and oxygen atoms in total. The molecule has 0 radical (unpaired) electrons. The fourth-order valence-corrected chi connectivity index (χ4v) is 3.26. The Balaban J connectivity index is 1.64. The Morgan fingerprint density at radius 3 is 2.83 bits per heavy atom. The summed E-state index contributed by atoms with van der Waals surface area (Å²) in [5.41, 5.74) is 1.42. The standard InChI is InChI=1S/C20H19N7O2/c1-21-18-14-9-22-16(24-20(28)11-3-4-11)8-13(14)15(10-23-18)19-25-17-7-12(29-2)5-6-27(17)26-19/h5-11H,3-4H2,1-2H3,(H,21,23)(H,22,24,28). The van der Waals surface area contributed by atoms with Crippen molar-refractivity contribution in [2.24, 2.45) is 5.92 Å². The highest BCUT2D eigenvalue weighted by atomic mass is 16.5. The molecule has 5 rings (SSSR count). The predicted molar refractivity (Wildman–Crippen MR) is 109 cm³/mol. The molecule has 2 N–H and O–H groups in total. The smallest absolute Gasteiger partial charge is 0.228 e. The molecule has 1 aliphatic carbocycles. The molecule has 0 saturated heterocycles. The number of carbonyl (C=O) groups excluding carboxylic acids is 1. The molecule has 146 valence electrons. The SMILES string of the molecule is CNc1ncc(-c2nc3cc(OC)ccn3n2)c2cc(NC(=O)C3CC3)ncc12. The lowest BCUT2D eigenvalue weighted by atomic mass is 10.1. The van der Waals surface area contributed by atoms with Crippen molar-refractivity contribution in [1.82, 2.24) is 24.6 Å². The summed E-state index contributed by atoms with van der Waals surface area (Å²) in [5, 5.41) is 12.2. The normalized spacial score (nSPS) is 13.6. The molecule has 4 aromatic heterocycles. The first kappa shape index (κ1) is 17.4. The summed E-state index contributed by atoms with van der Waals surface area (Å²) in [4.78, 5) is 25.7. The van der Waals surface area contributed by atoms with Crippen LogP contribution in [0.3, 0.4) is 0 Å². The Labute approximate surface area is 166 Å². The highest BCUT2D eigenvalue weighted by molar-refractivity contribution is 6.03. The highest BCUT2D eigenvalue weighted by Gasteiger charge is 2.30. The number of amides is 1. The molecule has 1 saturated carbocycles. The number of fused-ring (bicyclic) bond motifs is 2. The van der Waals surface area contributed by atoms with Gasteiger partial charge in [-0.1, -0.05) is 0 Å². The largest absolute Gasteiger partial charge is 0.497 e. The summed E-state index contributed by atoms with van der Waals surface area (Å²) in [6, 6.07) is 5.48. The van der Waals surface area contributed by atoms with Crippen LogP contribution in [0.2, 0.25) is 0 Å². The van der Waals surface area contributed by atoms with E-state index in [1.807, 2.05) is 18.2 Å².